The number of fused-ring (bicyclic) bond motifs is 1. The summed E-state index contributed by atoms with van der Waals surface area (Å²) in [6.07, 6.45) is 5.13. The molecule has 0 spiro atoms. The lowest BCUT2D eigenvalue weighted by atomic mass is 10.1. The minimum atomic E-state index is -0.173. The summed E-state index contributed by atoms with van der Waals surface area (Å²) in [4.78, 5) is 34.1. The first kappa shape index (κ1) is 17.4. The van der Waals surface area contributed by atoms with Crippen LogP contribution in [0.5, 0.6) is 0 Å². The van der Waals surface area contributed by atoms with Gasteiger partial charge in [0.05, 0.1) is 12.6 Å². The maximum atomic E-state index is 13.0. The molecule has 1 fully saturated rings. The molecule has 1 aromatic carbocycles. The first-order valence-electron chi connectivity index (χ1n) is 9.12. The predicted octanol–water partition coefficient (Wildman–Crippen LogP) is 2.74. The van der Waals surface area contributed by atoms with Gasteiger partial charge in [0.2, 0.25) is 0 Å². The molecule has 0 aliphatic carbocycles. The summed E-state index contributed by atoms with van der Waals surface area (Å²) in [5, 5.41) is 0.945. The van der Waals surface area contributed by atoms with Crippen molar-refractivity contribution in [1.82, 2.24) is 14.9 Å². The maximum absolute atomic E-state index is 13.0. The van der Waals surface area contributed by atoms with Gasteiger partial charge in [-0.25, -0.2) is 0 Å². The number of para-hydroxylation sites is 1. The monoisotopic (exact) mass is 363 g/mol. The molecule has 0 radical (unpaired) electrons. The Balaban J connectivity index is 1.65. The van der Waals surface area contributed by atoms with E-state index in [0.717, 1.165) is 30.4 Å². The van der Waals surface area contributed by atoms with Gasteiger partial charge in [-0.15, -0.1) is 0 Å². The molecule has 1 atom stereocenters. The van der Waals surface area contributed by atoms with Crippen molar-refractivity contribution in [1.29, 1.82) is 0 Å². The number of benzene rings is 1. The number of carbonyl (C=O) groups is 1. The third-order valence-corrected chi connectivity index (χ3v) is 4.85. The Morgan fingerprint density at radius 1 is 1.22 bits per heavy atom. The largest absolute Gasteiger partial charge is 0.376 e. The molecule has 1 aliphatic rings. The molecular weight excluding hydrogens is 342 g/mol. The summed E-state index contributed by atoms with van der Waals surface area (Å²) in [6, 6.07) is 12.9. The molecule has 1 N–H and O–H groups in total. The van der Waals surface area contributed by atoms with E-state index in [1.54, 1.807) is 29.4 Å². The van der Waals surface area contributed by atoms with E-state index in [1.165, 1.54) is 0 Å². The summed E-state index contributed by atoms with van der Waals surface area (Å²) in [7, 11) is 0. The van der Waals surface area contributed by atoms with Crippen molar-refractivity contribution in [2.75, 3.05) is 13.2 Å². The van der Waals surface area contributed by atoms with Crippen LogP contribution in [0.1, 0.15) is 28.8 Å². The second-order valence-corrected chi connectivity index (χ2v) is 6.77. The minimum Gasteiger partial charge on any atom is -0.376 e. The fraction of sp³-hybridized carbons (Fsp3) is 0.286. The summed E-state index contributed by atoms with van der Waals surface area (Å²) >= 11 is 0. The summed E-state index contributed by atoms with van der Waals surface area (Å²) < 4.78 is 5.72. The van der Waals surface area contributed by atoms with Gasteiger partial charge in [0.15, 0.2) is 0 Å². The fourth-order valence-electron chi connectivity index (χ4n) is 3.45. The third-order valence-electron chi connectivity index (χ3n) is 4.85. The van der Waals surface area contributed by atoms with Crippen LogP contribution in [0.2, 0.25) is 0 Å². The van der Waals surface area contributed by atoms with Crippen molar-refractivity contribution >= 4 is 16.8 Å². The molecule has 2 aromatic heterocycles. The van der Waals surface area contributed by atoms with Gasteiger partial charge >= 0.3 is 0 Å². The summed E-state index contributed by atoms with van der Waals surface area (Å²) in [5.74, 6) is -0.125. The number of nitrogens with one attached hydrogen (secondary N) is 1. The molecule has 1 amide bonds. The number of carbonyl (C=O) groups excluding carboxylic acids is 1. The van der Waals surface area contributed by atoms with E-state index in [1.807, 2.05) is 30.3 Å². The zero-order valence-electron chi connectivity index (χ0n) is 14.9. The number of aromatic nitrogens is 2. The maximum Gasteiger partial charge on any atom is 0.254 e. The average molecular weight is 363 g/mol. The average Bonchev–Trinajstić information content (AvgIpc) is 3.21. The van der Waals surface area contributed by atoms with E-state index < -0.39 is 0 Å². The van der Waals surface area contributed by atoms with Crippen molar-refractivity contribution in [2.24, 2.45) is 0 Å². The number of hydrogen-bond acceptors (Lipinski definition) is 4. The molecule has 1 saturated heterocycles. The fourth-order valence-corrected chi connectivity index (χ4v) is 3.45. The van der Waals surface area contributed by atoms with Gasteiger partial charge in [0.25, 0.3) is 11.5 Å². The molecule has 3 aromatic rings. The Labute approximate surface area is 156 Å². The second kappa shape index (κ2) is 7.72. The first-order chi connectivity index (χ1) is 13.2. The van der Waals surface area contributed by atoms with E-state index in [-0.39, 0.29) is 24.1 Å². The van der Waals surface area contributed by atoms with Crippen molar-refractivity contribution in [3.63, 3.8) is 0 Å². The number of aromatic amines is 1. The van der Waals surface area contributed by atoms with Gasteiger partial charge in [-0.3, -0.25) is 14.6 Å². The number of rotatable bonds is 5. The Morgan fingerprint density at radius 2 is 2.04 bits per heavy atom. The number of amides is 1. The molecule has 4 rings (SSSR count). The van der Waals surface area contributed by atoms with Crippen molar-refractivity contribution in [3.8, 4) is 0 Å². The molecule has 27 heavy (non-hydrogen) atoms. The topological polar surface area (TPSA) is 75.3 Å². The van der Waals surface area contributed by atoms with Crippen LogP contribution in [0.3, 0.4) is 0 Å². The number of pyridine rings is 2. The highest BCUT2D eigenvalue weighted by Gasteiger charge is 2.24. The Bertz CT molecular complexity index is 994. The Hall–Kier alpha value is -2.99. The molecule has 0 saturated carbocycles. The zero-order valence-corrected chi connectivity index (χ0v) is 14.9. The smallest absolute Gasteiger partial charge is 0.254 e. The van der Waals surface area contributed by atoms with Crippen LogP contribution in [-0.2, 0) is 11.3 Å². The standard InChI is InChI=1S/C21H21N3O3/c25-20-17(12-16-4-1-2-6-19(16)23-20)13-24(14-18-5-3-11-27-18)21(26)15-7-9-22-10-8-15/h1-2,4,6-10,12,18H,3,5,11,13-14H2,(H,23,25)/t18-/m1/s1. The lowest BCUT2D eigenvalue weighted by Gasteiger charge is -2.25. The van der Waals surface area contributed by atoms with E-state index in [4.69, 9.17) is 4.74 Å². The van der Waals surface area contributed by atoms with Crippen LogP contribution in [0, 0.1) is 0 Å². The van der Waals surface area contributed by atoms with Crippen LogP contribution in [0.4, 0.5) is 0 Å². The van der Waals surface area contributed by atoms with Crippen LogP contribution < -0.4 is 5.56 Å². The summed E-state index contributed by atoms with van der Waals surface area (Å²) in [5.41, 5.74) is 1.74. The highest BCUT2D eigenvalue weighted by Crippen LogP contribution is 2.18. The van der Waals surface area contributed by atoms with Crippen LogP contribution in [0.25, 0.3) is 10.9 Å². The van der Waals surface area contributed by atoms with Crippen molar-refractivity contribution in [3.05, 3.63) is 76.3 Å². The third kappa shape index (κ3) is 3.90. The highest BCUT2D eigenvalue weighted by molar-refractivity contribution is 5.94. The van der Waals surface area contributed by atoms with Crippen molar-refractivity contribution in [2.45, 2.75) is 25.5 Å². The van der Waals surface area contributed by atoms with Crippen LogP contribution >= 0.6 is 0 Å². The quantitative estimate of drug-likeness (QED) is 0.756. The highest BCUT2D eigenvalue weighted by atomic mass is 16.5. The lowest BCUT2D eigenvalue weighted by molar-refractivity contribution is 0.0506. The molecular formula is C21H21N3O3. The van der Waals surface area contributed by atoms with Crippen LogP contribution in [0.15, 0.2) is 59.7 Å². The van der Waals surface area contributed by atoms with E-state index in [0.29, 0.717) is 17.7 Å². The van der Waals surface area contributed by atoms with E-state index in [9.17, 15) is 9.59 Å². The molecule has 1 aliphatic heterocycles. The molecule has 138 valence electrons. The number of ether oxygens (including phenoxy) is 1. The van der Waals surface area contributed by atoms with Gasteiger partial charge in [0, 0.05) is 42.2 Å². The first-order valence-corrected chi connectivity index (χ1v) is 9.12. The van der Waals surface area contributed by atoms with Crippen molar-refractivity contribution < 1.29 is 9.53 Å². The van der Waals surface area contributed by atoms with Crippen LogP contribution in [-0.4, -0.2) is 40.0 Å². The van der Waals surface area contributed by atoms with Gasteiger partial charge < -0.3 is 14.6 Å². The zero-order chi connectivity index (χ0) is 18.6. The van der Waals surface area contributed by atoms with E-state index in [2.05, 4.69) is 9.97 Å². The van der Waals surface area contributed by atoms with Gasteiger partial charge in [0.1, 0.15) is 0 Å². The molecule has 6 nitrogen and oxygen atoms in total. The molecule has 0 bridgehead atoms. The van der Waals surface area contributed by atoms with Gasteiger partial charge in [-0.05, 0) is 42.5 Å². The van der Waals surface area contributed by atoms with E-state index >= 15 is 0 Å². The minimum absolute atomic E-state index is 0.00956. The van der Waals surface area contributed by atoms with Gasteiger partial charge in [-0.2, -0.15) is 0 Å². The normalized spacial score (nSPS) is 16.5. The number of nitrogens with zero attached hydrogens (tertiary/aromatic N) is 2. The van der Waals surface area contributed by atoms with Gasteiger partial charge in [-0.1, -0.05) is 18.2 Å². The number of H-pyrrole nitrogens is 1. The predicted molar refractivity (Wildman–Crippen MR) is 103 cm³/mol. The Morgan fingerprint density at radius 3 is 2.81 bits per heavy atom. The lowest BCUT2D eigenvalue weighted by Crippen LogP contribution is -2.38. The molecule has 0 unspecified atom stereocenters. The molecule has 3 heterocycles. The Kier molecular flexibility index (Phi) is 4.98. The molecule has 6 heteroatoms. The number of hydrogen-bond donors (Lipinski definition) is 1. The SMILES string of the molecule is O=C(c1ccncc1)N(Cc1cc2ccccc2[nH]c1=O)C[C@H]1CCCO1. The second-order valence-electron chi connectivity index (χ2n) is 6.77. The summed E-state index contributed by atoms with van der Waals surface area (Å²) in [6.45, 7) is 1.42.